The van der Waals surface area contributed by atoms with Gasteiger partial charge in [0.25, 0.3) is 0 Å². The molecule has 0 saturated carbocycles. The lowest BCUT2D eigenvalue weighted by Crippen LogP contribution is -2.49. The molecule has 7 heteroatoms. The Labute approximate surface area is 123 Å². The summed E-state index contributed by atoms with van der Waals surface area (Å²) in [6.07, 6.45) is 2.83. The quantitative estimate of drug-likeness (QED) is 0.859. The largest absolute Gasteiger partial charge is 0.444 e. The van der Waals surface area contributed by atoms with Gasteiger partial charge in [0.1, 0.15) is 10.8 Å². The number of halogens is 1. The minimum atomic E-state index is -0.489. The van der Waals surface area contributed by atoms with E-state index < -0.39 is 5.60 Å². The molecule has 1 atom stereocenters. The molecule has 20 heavy (non-hydrogen) atoms. The fourth-order valence-electron chi connectivity index (χ4n) is 1.94. The van der Waals surface area contributed by atoms with Crippen molar-refractivity contribution < 1.29 is 9.53 Å². The van der Waals surface area contributed by atoms with Crippen LogP contribution in [-0.2, 0) is 4.74 Å². The van der Waals surface area contributed by atoms with Gasteiger partial charge < -0.3 is 15.0 Å². The first kappa shape index (κ1) is 15.0. The molecule has 0 spiro atoms. The monoisotopic (exact) mass is 298 g/mol. The smallest absolute Gasteiger partial charge is 0.410 e. The summed E-state index contributed by atoms with van der Waals surface area (Å²) in [5, 5.41) is 3.66. The summed E-state index contributed by atoms with van der Waals surface area (Å²) in [5.74, 6) is 0. The number of hydrogen-bond acceptors (Lipinski definition) is 5. The number of amides is 1. The average molecular weight is 299 g/mol. The van der Waals surface area contributed by atoms with E-state index in [1.807, 2.05) is 20.8 Å². The molecule has 1 aromatic heterocycles. The Bertz CT molecular complexity index is 472. The third-order valence-corrected chi connectivity index (χ3v) is 3.02. The van der Waals surface area contributed by atoms with Crippen molar-refractivity contribution in [2.75, 3.05) is 19.6 Å². The molecule has 1 N–H and O–H groups in total. The molecule has 1 aromatic rings. The van der Waals surface area contributed by atoms with Crippen molar-refractivity contribution in [3.8, 4) is 0 Å². The van der Waals surface area contributed by atoms with Crippen LogP contribution in [-0.4, -0.2) is 46.2 Å². The number of carbonyl (C=O) groups excluding carboxylic acids is 1. The summed E-state index contributed by atoms with van der Waals surface area (Å²) in [6, 6.07) is -0.0546. The van der Waals surface area contributed by atoms with Gasteiger partial charge in [0.15, 0.2) is 0 Å². The van der Waals surface area contributed by atoms with Crippen LogP contribution in [0.4, 0.5) is 4.79 Å². The molecule has 6 nitrogen and oxygen atoms in total. The van der Waals surface area contributed by atoms with Crippen LogP contribution in [0.2, 0.25) is 5.15 Å². The molecule has 2 rings (SSSR count). The fourth-order valence-corrected chi connectivity index (χ4v) is 2.04. The maximum atomic E-state index is 12.1. The molecule has 110 valence electrons. The molecule has 0 bridgehead atoms. The first-order valence-corrected chi connectivity index (χ1v) is 6.92. The Balaban J connectivity index is 2.01. The number of hydrogen-bond donors (Lipinski definition) is 1. The number of piperazine rings is 1. The minimum Gasteiger partial charge on any atom is -0.444 e. The van der Waals surface area contributed by atoms with E-state index in [2.05, 4.69) is 15.3 Å². The van der Waals surface area contributed by atoms with Crippen LogP contribution in [0.3, 0.4) is 0 Å². The van der Waals surface area contributed by atoms with Gasteiger partial charge in [0, 0.05) is 19.6 Å². The first-order chi connectivity index (χ1) is 9.35. The molecule has 1 saturated heterocycles. The molecule has 1 unspecified atom stereocenters. The zero-order chi connectivity index (χ0) is 14.8. The predicted molar refractivity (Wildman–Crippen MR) is 75.6 cm³/mol. The molecule has 1 fully saturated rings. The molecule has 1 amide bonds. The van der Waals surface area contributed by atoms with Gasteiger partial charge in [-0.3, -0.25) is 4.98 Å². The van der Waals surface area contributed by atoms with Gasteiger partial charge in [-0.1, -0.05) is 11.6 Å². The van der Waals surface area contributed by atoms with Gasteiger partial charge >= 0.3 is 6.09 Å². The number of ether oxygens (including phenoxy) is 1. The van der Waals surface area contributed by atoms with Crippen LogP contribution < -0.4 is 5.32 Å². The second kappa shape index (κ2) is 5.93. The minimum absolute atomic E-state index is 0.0546. The maximum Gasteiger partial charge on any atom is 0.410 e. The molecular weight excluding hydrogens is 280 g/mol. The second-order valence-electron chi connectivity index (χ2n) is 5.70. The average Bonchev–Trinajstić information content (AvgIpc) is 2.38. The normalized spacial score (nSPS) is 19.8. The van der Waals surface area contributed by atoms with Crippen molar-refractivity contribution in [1.29, 1.82) is 0 Å². The highest BCUT2D eigenvalue weighted by atomic mass is 35.5. The van der Waals surface area contributed by atoms with Crippen LogP contribution in [0, 0.1) is 0 Å². The Hall–Kier alpha value is -1.40. The summed E-state index contributed by atoms with van der Waals surface area (Å²) in [4.78, 5) is 22.0. The highest BCUT2D eigenvalue weighted by Crippen LogP contribution is 2.18. The lowest BCUT2D eigenvalue weighted by molar-refractivity contribution is 0.0193. The van der Waals surface area contributed by atoms with Crippen LogP contribution in [0.15, 0.2) is 12.4 Å². The number of carbonyl (C=O) groups is 1. The van der Waals surface area contributed by atoms with Gasteiger partial charge in [-0.25, -0.2) is 9.78 Å². The number of rotatable bonds is 1. The Morgan fingerprint density at radius 2 is 2.20 bits per heavy atom. The van der Waals surface area contributed by atoms with E-state index in [1.165, 1.54) is 6.20 Å². The third kappa shape index (κ3) is 4.05. The fraction of sp³-hybridized carbons (Fsp3) is 0.615. The molecule has 0 aromatic carbocycles. The van der Waals surface area contributed by atoms with Gasteiger partial charge in [0.2, 0.25) is 0 Å². The molecule has 0 radical (unpaired) electrons. The molecule has 1 aliphatic heterocycles. The van der Waals surface area contributed by atoms with E-state index in [0.29, 0.717) is 24.8 Å². The van der Waals surface area contributed by atoms with Gasteiger partial charge in [-0.2, -0.15) is 0 Å². The summed E-state index contributed by atoms with van der Waals surface area (Å²) in [7, 11) is 0. The van der Waals surface area contributed by atoms with Gasteiger partial charge in [-0.15, -0.1) is 0 Å². The number of nitrogens with one attached hydrogen (secondary N) is 1. The van der Waals surface area contributed by atoms with E-state index in [4.69, 9.17) is 16.3 Å². The lowest BCUT2D eigenvalue weighted by Gasteiger charge is -2.34. The van der Waals surface area contributed by atoms with E-state index in [9.17, 15) is 4.79 Å². The lowest BCUT2D eigenvalue weighted by atomic mass is 10.1. The Morgan fingerprint density at radius 1 is 1.45 bits per heavy atom. The highest BCUT2D eigenvalue weighted by Gasteiger charge is 2.28. The summed E-state index contributed by atoms with van der Waals surface area (Å²) in [5.41, 5.74) is 0.278. The third-order valence-electron chi connectivity index (χ3n) is 2.82. The Morgan fingerprint density at radius 3 is 2.80 bits per heavy atom. The highest BCUT2D eigenvalue weighted by molar-refractivity contribution is 6.29. The van der Waals surface area contributed by atoms with Crippen molar-refractivity contribution in [3.05, 3.63) is 23.2 Å². The van der Waals surface area contributed by atoms with Crippen molar-refractivity contribution in [2.45, 2.75) is 32.4 Å². The summed E-state index contributed by atoms with van der Waals surface area (Å²) in [6.45, 7) is 7.38. The SMILES string of the molecule is CC(C)(C)OC(=O)N1CCNC(c2cnc(Cl)cn2)C1. The summed E-state index contributed by atoms with van der Waals surface area (Å²) >= 11 is 5.72. The molecule has 1 aliphatic rings. The predicted octanol–water partition coefficient (Wildman–Crippen LogP) is 2.01. The molecular formula is C13H19ClN4O2. The molecule has 2 heterocycles. The number of aromatic nitrogens is 2. The van der Waals surface area contributed by atoms with E-state index in [1.54, 1.807) is 11.1 Å². The van der Waals surface area contributed by atoms with Crippen molar-refractivity contribution in [2.24, 2.45) is 0 Å². The standard InChI is InChI=1S/C13H19ClN4O2/c1-13(2,3)20-12(19)18-5-4-15-10(8-18)9-6-17-11(14)7-16-9/h6-7,10,15H,4-5,8H2,1-3H3. The second-order valence-corrected chi connectivity index (χ2v) is 6.08. The van der Waals surface area contributed by atoms with Crippen LogP contribution in [0.25, 0.3) is 0 Å². The van der Waals surface area contributed by atoms with Crippen LogP contribution in [0.5, 0.6) is 0 Å². The molecule has 0 aliphatic carbocycles. The van der Waals surface area contributed by atoms with Crippen molar-refractivity contribution >= 4 is 17.7 Å². The van der Waals surface area contributed by atoms with Crippen molar-refractivity contribution in [1.82, 2.24) is 20.2 Å². The zero-order valence-corrected chi connectivity index (χ0v) is 12.6. The first-order valence-electron chi connectivity index (χ1n) is 6.54. The summed E-state index contributed by atoms with van der Waals surface area (Å²) < 4.78 is 5.38. The van der Waals surface area contributed by atoms with E-state index in [0.717, 1.165) is 5.69 Å². The Kier molecular flexibility index (Phi) is 4.45. The van der Waals surface area contributed by atoms with Gasteiger partial charge in [-0.05, 0) is 20.8 Å². The van der Waals surface area contributed by atoms with Crippen LogP contribution >= 0.6 is 11.6 Å². The zero-order valence-electron chi connectivity index (χ0n) is 11.9. The van der Waals surface area contributed by atoms with E-state index >= 15 is 0 Å². The maximum absolute atomic E-state index is 12.1. The van der Waals surface area contributed by atoms with Gasteiger partial charge in [0.05, 0.1) is 24.1 Å². The van der Waals surface area contributed by atoms with E-state index in [-0.39, 0.29) is 12.1 Å². The van der Waals surface area contributed by atoms with Crippen molar-refractivity contribution in [3.63, 3.8) is 0 Å². The van der Waals surface area contributed by atoms with Crippen LogP contribution in [0.1, 0.15) is 32.5 Å². The topological polar surface area (TPSA) is 67.3 Å². The number of nitrogens with zero attached hydrogens (tertiary/aromatic N) is 3.